The van der Waals surface area contributed by atoms with Gasteiger partial charge in [-0.1, -0.05) is 13.3 Å². The van der Waals surface area contributed by atoms with E-state index in [0.29, 0.717) is 13.1 Å². The van der Waals surface area contributed by atoms with Crippen LogP contribution in [-0.4, -0.2) is 68.0 Å². The Morgan fingerprint density at radius 3 is 2.63 bits per heavy atom. The average molecular weight is 293 g/mol. The molecule has 0 aliphatic carbocycles. The van der Waals surface area contributed by atoms with Crippen LogP contribution in [0.3, 0.4) is 0 Å². The van der Waals surface area contributed by atoms with Crippen molar-refractivity contribution in [2.24, 2.45) is 0 Å². The molecule has 0 bridgehead atoms. The number of nitrogens with one attached hydrogen (secondary N) is 1. The number of hydrogen-bond acceptors (Lipinski definition) is 4. The molecule has 2 N–H and O–H groups in total. The Morgan fingerprint density at radius 1 is 1.37 bits per heavy atom. The molecule has 1 aliphatic rings. The molecule has 1 aliphatic heterocycles. The zero-order chi connectivity index (χ0) is 14.3. The molecular weight excluding hydrogens is 266 g/mol. The summed E-state index contributed by atoms with van der Waals surface area (Å²) in [5.41, 5.74) is 0. The molecule has 0 aromatic carbocycles. The van der Waals surface area contributed by atoms with Gasteiger partial charge in [-0.05, 0) is 25.8 Å². The van der Waals surface area contributed by atoms with Crippen molar-refractivity contribution < 1.29 is 13.5 Å². The van der Waals surface area contributed by atoms with Gasteiger partial charge in [0.05, 0.1) is 6.61 Å². The fraction of sp³-hybridized carbons (Fsp3) is 1.00. The zero-order valence-corrected chi connectivity index (χ0v) is 12.8. The van der Waals surface area contributed by atoms with Crippen LogP contribution in [0.2, 0.25) is 0 Å². The third-order valence-electron chi connectivity index (χ3n) is 3.48. The van der Waals surface area contributed by atoms with Crippen molar-refractivity contribution >= 4 is 10.2 Å². The highest BCUT2D eigenvalue weighted by atomic mass is 32.2. The standard InChI is InChI=1S/C12H27N3O3S/c1-3-4-8-14(2)19(17,18)15(9-10-16)11-12-6-5-7-13-12/h12-13,16H,3-11H2,1-2H3. The van der Waals surface area contributed by atoms with Crippen LogP contribution in [-0.2, 0) is 10.2 Å². The Morgan fingerprint density at radius 2 is 2.11 bits per heavy atom. The first kappa shape index (κ1) is 16.8. The van der Waals surface area contributed by atoms with E-state index in [1.165, 1.54) is 8.61 Å². The van der Waals surface area contributed by atoms with Gasteiger partial charge in [-0.2, -0.15) is 17.0 Å². The largest absolute Gasteiger partial charge is 0.395 e. The van der Waals surface area contributed by atoms with Gasteiger partial charge in [-0.25, -0.2) is 0 Å². The SMILES string of the molecule is CCCCN(C)S(=O)(=O)N(CCO)CC1CCCN1. The predicted molar refractivity (Wildman–Crippen MR) is 76.1 cm³/mol. The van der Waals surface area contributed by atoms with Crippen LogP contribution in [0.15, 0.2) is 0 Å². The maximum absolute atomic E-state index is 12.4. The van der Waals surface area contributed by atoms with Crippen LogP contribution in [0, 0.1) is 0 Å². The predicted octanol–water partition coefficient (Wildman–Crippen LogP) is 0.00940. The lowest BCUT2D eigenvalue weighted by molar-refractivity contribution is 0.238. The van der Waals surface area contributed by atoms with Crippen LogP contribution in [0.4, 0.5) is 0 Å². The number of nitrogens with zero attached hydrogens (tertiary/aromatic N) is 2. The fourth-order valence-electron chi connectivity index (χ4n) is 2.26. The molecule has 1 heterocycles. The van der Waals surface area contributed by atoms with E-state index in [1.54, 1.807) is 7.05 Å². The van der Waals surface area contributed by atoms with Gasteiger partial charge in [-0.3, -0.25) is 0 Å². The van der Waals surface area contributed by atoms with Crippen molar-refractivity contribution in [2.45, 2.75) is 38.6 Å². The highest BCUT2D eigenvalue weighted by molar-refractivity contribution is 7.86. The van der Waals surface area contributed by atoms with Crippen molar-refractivity contribution in [3.05, 3.63) is 0 Å². The summed E-state index contributed by atoms with van der Waals surface area (Å²) < 4.78 is 27.6. The van der Waals surface area contributed by atoms with Crippen molar-refractivity contribution in [3.63, 3.8) is 0 Å². The molecule has 0 aromatic heterocycles. The van der Waals surface area contributed by atoms with E-state index in [-0.39, 0.29) is 19.2 Å². The number of unbranched alkanes of at least 4 members (excludes halogenated alkanes) is 1. The molecule has 1 atom stereocenters. The Bertz CT molecular complexity index is 342. The minimum absolute atomic E-state index is 0.145. The molecule has 0 aromatic rings. The van der Waals surface area contributed by atoms with E-state index in [4.69, 9.17) is 5.11 Å². The van der Waals surface area contributed by atoms with Gasteiger partial charge < -0.3 is 10.4 Å². The quantitative estimate of drug-likeness (QED) is 0.628. The maximum atomic E-state index is 12.4. The van der Waals surface area contributed by atoms with E-state index < -0.39 is 10.2 Å². The van der Waals surface area contributed by atoms with Gasteiger partial charge >= 0.3 is 0 Å². The molecule has 6 nitrogen and oxygen atoms in total. The van der Waals surface area contributed by atoms with Crippen molar-refractivity contribution in [1.82, 2.24) is 13.9 Å². The van der Waals surface area contributed by atoms with Gasteiger partial charge in [0.2, 0.25) is 0 Å². The molecule has 1 fully saturated rings. The maximum Gasteiger partial charge on any atom is 0.281 e. The van der Waals surface area contributed by atoms with Crippen molar-refractivity contribution in [2.75, 3.05) is 39.8 Å². The average Bonchev–Trinajstić information content (AvgIpc) is 2.88. The minimum Gasteiger partial charge on any atom is -0.395 e. The van der Waals surface area contributed by atoms with Gasteiger partial charge in [0.15, 0.2) is 0 Å². The smallest absolute Gasteiger partial charge is 0.281 e. The number of rotatable bonds is 9. The van der Waals surface area contributed by atoms with Crippen LogP contribution < -0.4 is 5.32 Å². The summed E-state index contributed by atoms with van der Waals surface area (Å²) in [5, 5.41) is 12.4. The molecule has 1 saturated heterocycles. The molecule has 0 spiro atoms. The Kier molecular flexibility index (Phi) is 7.23. The van der Waals surface area contributed by atoms with E-state index in [1.807, 2.05) is 6.92 Å². The molecule has 1 unspecified atom stereocenters. The highest BCUT2D eigenvalue weighted by Gasteiger charge is 2.29. The molecule has 19 heavy (non-hydrogen) atoms. The normalized spacial score (nSPS) is 20.6. The lowest BCUT2D eigenvalue weighted by Gasteiger charge is -2.29. The van der Waals surface area contributed by atoms with E-state index in [9.17, 15) is 8.42 Å². The van der Waals surface area contributed by atoms with Crippen LogP contribution >= 0.6 is 0 Å². The molecule has 0 amide bonds. The number of aliphatic hydroxyl groups excluding tert-OH is 1. The van der Waals surface area contributed by atoms with Crippen molar-refractivity contribution in [3.8, 4) is 0 Å². The summed E-state index contributed by atoms with van der Waals surface area (Å²) in [6, 6.07) is 0.209. The number of hydrogen-bond donors (Lipinski definition) is 2. The Labute approximate surface area is 117 Å². The monoisotopic (exact) mass is 293 g/mol. The molecular formula is C12H27N3O3S. The second kappa shape index (κ2) is 8.16. The lowest BCUT2D eigenvalue weighted by atomic mass is 10.2. The second-order valence-electron chi connectivity index (χ2n) is 5.06. The van der Waals surface area contributed by atoms with Crippen molar-refractivity contribution in [1.29, 1.82) is 0 Å². The first-order valence-electron chi connectivity index (χ1n) is 7.08. The minimum atomic E-state index is -3.46. The third-order valence-corrected chi connectivity index (χ3v) is 5.44. The molecule has 0 saturated carbocycles. The topological polar surface area (TPSA) is 72.9 Å². The third kappa shape index (κ3) is 5.00. The van der Waals surface area contributed by atoms with Gasteiger partial charge in [-0.15, -0.1) is 0 Å². The first-order valence-corrected chi connectivity index (χ1v) is 8.47. The van der Waals surface area contributed by atoms with Gasteiger partial charge in [0.25, 0.3) is 10.2 Å². The van der Waals surface area contributed by atoms with E-state index in [2.05, 4.69) is 5.32 Å². The Balaban J connectivity index is 2.65. The fourth-order valence-corrected chi connectivity index (χ4v) is 3.70. The van der Waals surface area contributed by atoms with Crippen LogP contribution in [0.1, 0.15) is 32.6 Å². The van der Waals surface area contributed by atoms with Crippen LogP contribution in [0.5, 0.6) is 0 Å². The van der Waals surface area contributed by atoms with Gasteiger partial charge in [0.1, 0.15) is 0 Å². The van der Waals surface area contributed by atoms with Crippen LogP contribution in [0.25, 0.3) is 0 Å². The summed E-state index contributed by atoms with van der Waals surface area (Å²) in [5.74, 6) is 0. The molecule has 0 radical (unpaired) electrons. The Hall–Kier alpha value is -0.210. The zero-order valence-electron chi connectivity index (χ0n) is 12.0. The molecule has 114 valence electrons. The van der Waals surface area contributed by atoms with E-state index >= 15 is 0 Å². The first-order chi connectivity index (χ1) is 9.02. The number of aliphatic hydroxyl groups is 1. The second-order valence-corrected chi connectivity index (χ2v) is 7.09. The van der Waals surface area contributed by atoms with E-state index in [0.717, 1.165) is 32.2 Å². The summed E-state index contributed by atoms with van der Waals surface area (Å²) >= 11 is 0. The summed E-state index contributed by atoms with van der Waals surface area (Å²) in [7, 11) is -1.85. The summed E-state index contributed by atoms with van der Waals surface area (Å²) in [6.07, 6.45) is 3.90. The van der Waals surface area contributed by atoms with Gasteiger partial charge in [0, 0.05) is 32.7 Å². The summed E-state index contributed by atoms with van der Waals surface area (Å²) in [6.45, 7) is 3.97. The molecule has 1 rings (SSSR count). The highest BCUT2D eigenvalue weighted by Crippen LogP contribution is 2.12. The lowest BCUT2D eigenvalue weighted by Crippen LogP contribution is -2.48. The molecule has 7 heteroatoms. The summed E-state index contributed by atoms with van der Waals surface area (Å²) in [4.78, 5) is 0.